The van der Waals surface area contributed by atoms with Gasteiger partial charge in [0.05, 0.1) is 24.3 Å². The lowest BCUT2D eigenvalue weighted by atomic mass is 10.1. The molecular formula is C61H64O9. The van der Waals surface area contributed by atoms with Gasteiger partial charge in [-0.2, -0.15) is 0 Å². The summed E-state index contributed by atoms with van der Waals surface area (Å²) in [7, 11) is 0. The highest BCUT2D eigenvalue weighted by Crippen LogP contribution is 2.41. The van der Waals surface area contributed by atoms with Crippen molar-refractivity contribution in [2.75, 3.05) is 13.2 Å². The van der Waals surface area contributed by atoms with Gasteiger partial charge in [-0.05, 0) is 71.0 Å². The van der Waals surface area contributed by atoms with Crippen LogP contribution < -0.4 is 23.7 Å². The molecule has 0 unspecified atom stereocenters. The van der Waals surface area contributed by atoms with Gasteiger partial charge in [0.25, 0.3) is 0 Å². The van der Waals surface area contributed by atoms with Gasteiger partial charge in [0.1, 0.15) is 33.0 Å². The summed E-state index contributed by atoms with van der Waals surface area (Å²) in [5.74, 6) is 1.51. The van der Waals surface area contributed by atoms with E-state index in [-0.39, 0.29) is 19.2 Å². The van der Waals surface area contributed by atoms with E-state index >= 15 is 0 Å². The molecule has 0 spiro atoms. The van der Waals surface area contributed by atoms with E-state index in [2.05, 4.69) is 0 Å². The zero-order valence-electron chi connectivity index (χ0n) is 40.0. The highest BCUT2D eigenvalue weighted by Gasteiger charge is 2.21. The molecule has 0 amide bonds. The van der Waals surface area contributed by atoms with Crippen LogP contribution in [0, 0.1) is 0 Å². The van der Waals surface area contributed by atoms with Gasteiger partial charge >= 0.3 is 11.9 Å². The monoisotopic (exact) mass is 940 g/mol. The molecule has 0 aliphatic carbocycles. The molecule has 362 valence electrons. The predicted octanol–water partition coefficient (Wildman–Crippen LogP) is 14.5. The molecule has 0 aliphatic rings. The fraction of sp³-hybridized carbons (Fsp3) is 0.279. The number of hydrogen-bond donors (Lipinski definition) is 0. The molecule has 0 aromatic heterocycles. The zero-order valence-corrected chi connectivity index (χ0v) is 40.0. The topological polar surface area (TPSA) is 98.8 Å². The van der Waals surface area contributed by atoms with Crippen molar-refractivity contribution in [2.24, 2.45) is 0 Å². The second-order valence-electron chi connectivity index (χ2n) is 17.1. The minimum absolute atomic E-state index is 0.286. The Kier molecular flexibility index (Phi) is 20.7. The fourth-order valence-electron chi connectivity index (χ4n) is 7.70. The number of unbranched alkanes of at least 4 members (excludes halogenated alkanes) is 9. The molecule has 0 aliphatic heterocycles. The molecule has 7 rings (SSSR count). The molecule has 7 aromatic carbocycles. The molecule has 70 heavy (non-hydrogen) atoms. The molecule has 9 heteroatoms. The number of rotatable bonds is 30. The molecule has 0 radical (unpaired) electrons. The van der Waals surface area contributed by atoms with Gasteiger partial charge in [-0.15, -0.1) is 0 Å². The second kappa shape index (κ2) is 28.7. The Hall–Kier alpha value is -7.52. The summed E-state index contributed by atoms with van der Waals surface area (Å²) in [5, 5.41) is 0. The van der Waals surface area contributed by atoms with Gasteiger partial charge in [-0.1, -0.05) is 203 Å². The highest BCUT2D eigenvalue weighted by atomic mass is 16.6. The lowest BCUT2D eigenvalue weighted by Crippen LogP contribution is -2.10. The van der Waals surface area contributed by atoms with Gasteiger partial charge in [0.2, 0.25) is 5.75 Å². The predicted molar refractivity (Wildman–Crippen MR) is 273 cm³/mol. The van der Waals surface area contributed by atoms with E-state index in [0.717, 1.165) is 92.0 Å². The summed E-state index contributed by atoms with van der Waals surface area (Å²) in [6.07, 6.45) is 10.3. The van der Waals surface area contributed by atoms with Crippen LogP contribution in [0.3, 0.4) is 0 Å². The SMILES string of the molecule is O=C(OCCCCCCCCCCCCOC(=O)c1cc(OCc2ccccc2)c(OCc2ccccc2)c(OCc2ccccc2)c1)c1ccc(OCc2ccccc2)c(OCc2ccccc2)c1. The standard InChI is InChI=1S/C61H64O9/c62-60(53-36-37-55(66-43-48-26-14-9-15-27-48)56(40-53)67-44-49-28-16-10-17-29-49)64-38-24-7-5-3-1-2-4-6-8-25-39-65-61(63)54-41-57(68-45-50-30-18-11-19-31-50)59(70-47-52-34-22-13-23-35-52)58(42-54)69-46-51-32-20-12-21-33-51/h9-23,26-37,40-42H,1-8,24-25,38-39,43-47H2. The Balaban J connectivity index is 0.798. The summed E-state index contributed by atoms with van der Waals surface area (Å²) in [6, 6.07) is 58.1. The van der Waals surface area contributed by atoms with Crippen LogP contribution in [0.25, 0.3) is 0 Å². The van der Waals surface area contributed by atoms with Crippen LogP contribution in [0.15, 0.2) is 182 Å². The Labute approximate surface area is 413 Å². The van der Waals surface area contributed by atoms with E-state index in [4.69, 9.17) is 33.2 Å². The van der Waals surface area contributed by atoms with E-state index in [9.17, 15) is 9.59 Å². The van der Waals surface area contributed by atoms with Crippen molar-refractivity contribution < 1.29 is 42.7 Å². The van der Waals surface area contributed by atoms with Crippen LogP contribution >= 0.6 is 0 Å². The maximum atomic E-state index is 13.5. The first-order chi connectivity index (χ1) is 34.6. The Morgan fingerprint density at radius 2 is 0.586 bits per heavy atom. The van der Waals surface area contributed by atoms with E-state index in [1.165, 1.54) is 0 Å². The summed E-state index contributed by atoms with van der Waals surface area (Å²) in [5.41, 5.74) is 5.79. The first kappa shape index (κ1) is 50.4. The maximum absolute atomic E-state index is 13.5. The lowest BCUT2D eigenvalue weighted by Gasteiger charge is -2.19. The number of benzene rings is 7. The third-order valence-electron chi connectivity index (χ3n) is 11.6. The van der Waals surface area contributed by atoms with Crippen molar-refractivity contribution in [3.05, 3.63) is 221 Å². The fourth-order valence-corrected chi connectivity index (χ4v) is 7.70. The zero-order chi connectivity index (χ0) is 48.3. The molecule has 9 nitrogen and oxygen atoms in total. The van der Waals surface area contributed by atoms with E-state index < -0.39 is 5.97 Å². The molecule has 0 N–H and O–H groups in total. The average Bonchev–Trinajstić information content (AvgIpc) is 3.41. The van der Waals surface area contributed by atoms with Crippen molar-refractivity contribution in [2.45, 2.75) is 97.2 Å². The van der Waals surface area contributed by atoms with Crippen LogP contribution in [0.5, 0.6) is 28.7 Å². The molecule has 7 aromatic rings. The van der Waals surface area contributed by atoms with E-state index in [1.54, 1.807) is 30.3 Å². The van der Waals surface area contributed by atoms with Crippen molar-refractivity contribution in [1.29, 1.82) is 0 Å². The molecule has 0 saturated carbocycles. The van der Waals surface area contributed by atoms with E-state index in [0.29, 0.717) is 72.9 Å². The Morgan fingerprint density at radius 1 is 0.286 bits per heavy atom. The minimum Gasteiger partial charge on any atom is -0.485 e. The first-order valence-corrected chi connectivity index (χ1v) is 24.6. The number of hydrogen-bond acceptors (Lipinski definition) is 9. The number of carbonyl (C=O) groups excluding carboxylic acids is 2. The van der Waals surface area contributed by atoms with Crippen LogP contribution in [-0.2, 0) is 42.5 Å². The number of carbonyl (C=O) groups is 2. The van der Waals surface area contributed by atoms with Gasteiger partial charge in [-0.25, -0.2) is 9.59 Å². The average molecular weight is 941 g/mol. The van der Waals surface area contributed by atoms with Crippen molar-refractivity contribution in [3.8, 4) is 28.7 Å². The summed E-state index contributed by atoms with van der Waals surface area (Å²) < 4.78 is 42.8. The van der Waals surface area contributed by atoms with Gasteiger partial charge < -0.3 is 33.2 Å². The highest BCUT2D eigenvalue weighted by molar-refractivity contribution is 5.91. The molecule has 0 bridgehead atoms. The largest absolute Gasteiger partial charge is 0.485 e. The smallest absolute Gasteiger partial charge is 0.338 e. The summed E-state index contributed by atoms with van der Waals surface area (Å²) in [4.78, 5) is 26.6. The third-order valence-corrected chi connectivity index (χ3v) is 11.6. The molecule has 0 saturated heterocycles. The maximum Gasteiger partial charge on any atom is 0.338 e. The lowest BCUT2D eigenvalue weighted by molar-refractivity contribution is 0.0487. The Bertz CT molecular complexity index is 2520. The van der Waals surface area contributed by atoms with Crippen molar-refractivity contribution in [1.82, 2.24) is 0 Å². The summed E-state index contributed by atoms with van der Waals surface area (Å²) in [6.45, 7) is 2.31. The summed E-state index contributed by atoms with van der Waals surface area (Å²) >= 11 is 0. The molecule has 0 atom stereocenters. The minimum atomic E-state index is -0.435. The van der Waals surface area contributed by atoms with Crippen LogP contribution in [0.4, 0.5) is 0 Å². The Morgan fingerprint density at radius 3 is 0.971 bits per heavy atom. The quantitative estimate of drug-likeness (QED) is 0.0322. The van der Waals surface area contributed by atoms with Gasteiger partial charge in [0, 0.05) is 0 Å². The molecule has 0 fully saturated rings. The third kappa shape index (κ3) is 17.2. The van der Waals surface area contributed by atoms with Crippen LogP contribution in [-0.4, -0.2) is 25.2 Å². The number of ether oxygens (including phenoxy) is 7. The first-order valence-electron chi connectivity index (χ1n) is 24.6. The molecule has 0 heterocycles. The van der Waals surface area contributed by atoms with Crippen molar-refractivity contribution in [3.63, 3.8) is 0 Å². The normalized spacial score (nSPS) is 10.8. The second-order valence-corrected chi connectivity index (χ2v) is 17.1. The van der Waals surface area contributed by atoms with Gasteiger partial charge in [-0.3, -0.25) is 0 Å². The van der Waals surface area contributed by atoms with Crippen LogP contribution in [0.2, 0.25) is 0 Å². The van der Waals surface area contributed by atoms with Crippen molar-refractivity contribution >= 4 is 11.9 Å². The molecular weight excluding hydrogens is 877 g/mol. The number of esters is 2. The van der Waals surface area contributed by atoms with Crippen LogP contribution in [0.1, 0.15) is 113 Å². The van der Waals surface area contributed by atoms with Gasteiger partial charge in [0.15, 0.2) is 23.0 Å². The van der Waals surface area contributed by atoms with E-state index in [1.807, 2.05) is 152 Å².